The predicted octanol–water partition coefficient (Wildman–Crippen LogP) is 1.28. The zero-order chi connectivity index (χ0) is 14.7. The van der Waals surface area contributed by atoms with Gasteiger partial charge in [-0.05, 0) is 24.5 Å². The molecular formula is C14H18N2O4. The van der Waals surface area contributed by atoms with Crippen LogP contribution in [0.4, 0.5) is 0 Å². The maximum Gasteiger partial charge on any atom is 0.354 e. The van der Waals surface area contributed by atoms with Crippen molar-refractivity contribution in [3.8, 4) is 0 Å². The Morgan fingerprint density at radius 2 is 2.10 bits per heavy atom. The van der Waals surface area contributed by atoms with Crippen LogP contribution in [-0.2, 0) is 4.74 Å². The smallest absolute Gasteiger partial charge is 0.354 e. The number of likely N-dealkylation sites (tertiary alicyclic amines) is 1. The SMILES string of the molecule is COC1CN(C(=O)c2cccc(C(=O)O)n2)CCC1C. The number of pyridine rings is 1. The molecule has 1 aliphatic rings. The Kier molecular flexibility index (Phi) is 4.34. The molecule has 0 aliphatic carbocycles. The van der Waals surface area contributed by atoms with E-state index < -0.39 is 5.97 Å². The van der Waals surface area contributed by atoms with E-state index in [0.717, 1.165) is 6.42 Å². The Bertz CT molecular complexity index is 518. The summed E-state index contributed by atoms with van der Waals surface area (Å²) in [7, 11) is 1.64. The lowest BCUT2D eigenvalue weighted by Gasteiger charge is -2.36. The van der Waals surface area contributed by atoms with Gasteiger partial charge < -0.3 is 14.7 Å². The molecule has 0 radical (unpaired) electrons. The molecule has 1 aromatic heterocycles. The van der Waals surface area contributed by atoms with E-state index in [1.165, 1.54) is 18.2 Å². The molecule has 0 spiro atoms. The fourth-order valence-corrected chi connectivity index (χ4v) is 2.36. The highest BCUT2D eigenvalue weighted by Crippen LogP contribution is 2.20. The summed E-state index contributed by atoms with van der Waals surface area (Å²) in [5.41, 5.74) is 0.0406. The minimum absolute atomic E-state index is 0.00959. The van der Waals surface area contributed by atoms with Crippen molar-refractivity contribution in [3.05, 3.63) is 29.6 Å². The number of methoxy groups -OCH3 is 1. The summed E-state index contributed by atoms with van der Waals surface area (Å²) in [6, 6.07) is 4.44. The van der Waals surface area contributed by atoms with Crippen molar-refractivity contribution in [2.45, 2.75) is 19.4 Å². The molecule has 1 saturated heterocycles. The van der Waals surface area contributed by atoms with E-state index in [-0.39, 0.29) is 23.4 Å². The van der Waals surface area contributed by atoms with E-state index in [1.807, 2.05) is 0 Å². The van der Waals surface area contributed by atoms with E-state index in [4.69, 9.17) is 9.84 Å². The molecule has 1 aliphatic heterocycles. The van der Waals surface area contributed by atoms with Crippen LogP contribution in [0.2, 0.25) is 0 Å². The number of rotatable bonds is 3. The topological polar surface area (TPSA) is 79.7 Å². The Morgan fingerprint density at radius 1 is 1.40 bits per heavy atom. The lowest BCUT2D eigenvalue weighted by atomic mass is 9.95. The van der Waals surface area contributed by atoms with Gasteiger partial charge in [-0.25, -0.2) is 9.78 Å². The minimum atomic E-state index is -1.14. The molecule has 2 heterocycles. The molecule has 1 amide bonds. The molecule has 2 unspecified atom stereocenters. The van der Waals surface area contributed by atoms with Crippen molar-refractivity contribution in [2.24, 2.45) is 5.92 Å². The molecule has 2 atom stereocenters. The first kappa shape index (κ1) is 14.5. The molecular weight excluding hydrogens is 260 g/mol. The van der Waals surface area contributed by atoms with Crippen molar-refractivity contribution in [2.75, 3.05) is 20.2 Å². The number of hydrogen-bond donors (Lipinski definition) is 1. The van der Waals surface area contributed by atoms with Crippen LogP contribution < -0.4 is 0 Å². The zero-order valence-electron chi connectivity index (χ0n) is 11.6. The van der Waals surface area contributed by atoms with Crippen LogP contribution in [0.1, 0.15) is 34.3 Å². The molecule has 0 bridgehead atoms. The fourth-order valence-electron chi connectivity index (χ4n) is 2.36. The lowest BCUT2D eigenvalue weighted by Crippen LogP contribution is -2.46. The van der Waals surface area contributed by atoms with E-state index in [1.54, 1.807) is 12.0 Å². The largest absolute Gasteiger partial charge is 0.477 e. The van der Waals surface area contributed by atoms with E-state index in [9.17, 15) is 9.59 Å². The summed E-state index contributed by atoms with van der Waals surface area (Å²) in [5, 5.41) is 8.91. The van der Waals surface area contributed by atoms with Crippen molar-refractivity contribution < 1.29 is 19.4 Å². The molecule has 20 heavy (non-hydrogen) atoms. The highest BCUT2D eigenvalue weighted by atomic mass is 16.5. The average Bonchev–Trinajstić information content (AvgIpc) is 2.47. The predicted molar refractivity (Wildman–Crippen MR) is 71.7 cm³/mol. The maximum atomic E-state index is 12.4. The second-order valence-electron chi connectivity index (χ2n) is 5.00. The third kappa shape index (κ3) is 2.96. The Morgan fingerprint density at radius 3 is 2.75 bits per heavy atom. The number of carboxylic acid groups (broad SMARTS) is 1. The van der Waals surface area contributed by atoms with Gasteiger partial charge in [0.2, 0.25) is 0 Å². The third-order valence-electron chi connectivity index (χ3n) is 3.67. The van der Waals surface area contributed by atoms with Crippen LogP contribution in [0, 0.1) is 5.92 Å². The quantitative estimate of drug-likeness (QED) is 0.900. The van der Waals surface area contributed by atoms with Crippen molar-refractivity contribution in [1.29, 1.82) is 0 Å². The van der Waals surface area contributed by atoms with Crippen LogP contribution >= 0.6 is 0 Å². The van der Waals surface area contributed by atoms with Crippen LogP contribution in [0.3, 0.4) is 0 Å². The molecule has 1 N–H and O–H groups in total. The molecule has 6 heteroatoms. The van der Waals surface area contributed by atoms with E-state index in [0.29, 0.717) is 19.0 Å². The highest BCUT2D eigenvalue weighted by molar-refractivity contribution is 5.94. The molecule has 6 nitrogen and oxygen atoms in total. The third-order valence-corrected chi connectivity index (χ3v) is 3.67. The normalized spacial score (nSPS) is 22.6. The number of carboxylic acids is 1. The molecule has 0 saturated carbocycles. The number of aromatic nitrogens is 1. The summed E-state index contributed by atoms with van der Waals surface area (Å²) in [4.78, 5) is 28.8. The van der Waals surface area contributed by atoms with Gasteiger partial charge in [-0.2, -0.15) is 0 Å². The first-order valence-electron chi connectivity index (χ1n) is 6.55. The number of carbonyl (C=O) groups excluding carboxylic acids is 1. The zero-order valence-corrected chi connectivity index (χ0v) is 11.6. The number of nitrogens with zero attached hydrogens (tertiary/aromatic N) is 2. The summed E-state index contributed by atoms with van der Waals surface area (Å²) < 4.78 is 5.37. The van der Waals surface area contributed by atoms with Gasteiger partial charge in [-0.1, -0.05) is 13.0 Å². The van der Waals surface area contributed by atoms with Crippen molar-refractivity contribution in [3.63, 3.8) is 0 Å². The molecule has 1 fully saturated rings. The van der Waals surface area contributed by atoms with E-state index in [2.05, 4.69) is 11.9 Å². The molecule has 0 aromatic carbocycles. The minimum Gasteiger partial charge on any atom is -0.477 e. The van der Waals surface area contributed by atoms with Gasteiger partial charge in [0.05, 0.1) is 6.10 Å². The number of amides is 1. The number of hydrogen-bond acceptors (Lipinski definition) is 4. The molecule has 1 aromatic rings. The number of piperidine rings is 1. The van der Waals surface area contributed by atoms with Crippen LogP contribution in [0.15, 0.2) is 18.2 Å². The van der Waals surface area contributed by atoms with Crippen LogP contribution in [0.5, 0.6) is 0 Å². The second-order valence-corrected chi connectivity index (χ2v) is 5.00. The lowest BCUT2D eigenvalue weighted by molar-refractivity contribution is -0.00178. The van der Waals surface area contributed by atoms with Gasteiger partial charge in [0.15, 0.2) is 0 Å². The van der Waals surface area contributed by atoms with Gasteiger partial charge in [0, 0.05) is 20.2 Å². The summed E-state index contributed by atoms with van der Waals surface area (Å²) in [6.07, 6.45) is 0.874. The monoisotopic (exact) mass is 278 g/mol. The molecule has 108 valence electrons. The van der Waals surface area contributed by atoms with Crippen LogP contribution in [-0.4, -0.2) is 53.2 Å². The second kappa shape index (κ2) is 6.00. The van der Waals surface area contributed by atoms with Gasteiger partial charge in [0.25, 0.3) is 5.91 Å². The number of carbonyl (C=O) groups is 2. The Balaban J connectivity index is 2.15. The number of ether oxygens (including phenoxy) is 1. The van der Waals surface area contributed by atoms with Crippen molar-refractivity contribution >= 4 is 11.9 Å². The fraction of sp³-hybridized carbons (Fsp3) is 0.500. The Labute approximate surface area is 117 Å². The standard InChI is InChI=1S/C14H18N2O4/c1-9-6-7-16(8-12(9)20-2)13(17)10-4-3-5-11(15-10)14(18)19/h3-5,9,12H,6-8H2,1-2H3,(H,18,19). The van der Waals surface area contributed by atoms with Gasteiger partial charge in [0.1, 0.15) is 11.4 Å². The maximum absolute atomic E-state index is 12.4. The summed E-state index contributed by atoms with van der Waals surface area (Å²) >= 11 is 0. The first-order valence-corrected chi connectivity index (χ1v) is 6.55. The van der Waals surface area contributed by atoms with Crippen LogP contribution in [0.25, 0.3) is 0 Å². The average molecular weight is 278 g/mol. The van der Waals surface area contributed by atoms with Crippen molar-refractivity contribution in [1.82, 2.24) is 9.88 Å². The van der Waals surface area contributed by atoms with Gasteiger partial charge in [-0.15, -0.1) is 0 Å². The van der Waals surface area contributed by atoms with Gasteiger partial charge >= 0.3 is 5.97 Å². The summed E-state index contributed by atoms with van der Waals surface area (Å²) in [5.74, 6) is -0.980. The number of aromatic carboxylic acids is 1. The Hall–Kier alpha value is -1.95. The summed E-state index contributed by atoms with van der Waals surface area (Å²) in [6.45, 7) is 3.24. The van der Waals surface area contributed by atoms with Gasteiger partial charge in [-0.3, -0.25) is 4.79 Å². The molecule has 2 rings (SSSR count). The van der Waals surface area contributed by atoms with E-state index >= 15 is 0 Å². The highest BCUT2D eigenvalue weighted by Gasteiger charge is 2.29. The first-order chi connectivity index (χ1) is 9.52.